The summed E-state index contributed by atoms with van der Waals surface area (Å²) in [6.07, 6.45) is 1.40. The summed E-state index contributed by atoms with van der Waals surface area (Å²) in [5, 5.41) is 2.93. The van der Waals surface area contributed by atoms with Crippen LogP contribution < -0.4 is 10.1 Å². The maximum atomic E-state index is 13.9. The molecule has 0 radical (unpaired) electrons. The second-order valence-corrected chi connectivity index (χ2v) is 7.66. The summed E-state index contributed by atoms with van der Waals surface area (Å²) < 4.78 is 20.1. The standard InChI is InChI=1S/C21H22BrFN2O3/c1-28-19-9-8-16(22)11-15(19)12-24-20(26)14-5-4-10-25(13-14)21(27)17-6-2-3-7-18(17)23/h2-3,6-9,11,14H,4-5,10,12-13H2,1H3,(H,24,26)/t14-/m0/s1. The lowest BCUT2D eigenvalue weighted by molar-refractivity contribution is -0.126. The van der Waals surface area contributed by atoms with E-state index in [1.165, 1.54) is 12.1 Å². The van der Waals surface area contributed by atoms with Gasteiger partial charge in [-0.2, -0.15) is 0 Å². The monoisotopic (exact) mass is 448 g/mol. The van der Waals surface area contributed by atoms with Crippen LogP contribution in [0.2, 0.25) is 0 Å². The largest absolute Gasteiger partial charge is 0.496 e. The fourth-order valence-corrected chi connectivity index (χ4v) is 3.80. The summed E-state index contributed by atoms with van der Waals surface area (Å²) in [5.41, 5.74) is 0.905. The summed E-state index contributed by atoms with van der Waals surface area (Å²) >= 11 is 3.42. The van der Waals surface area contributed by atoms with Gasteiger partial charge in [-0.25, -0.2) is 4.39 Å². The van der Waals surface area contributed by atoms with Crippen molar-refractivity contribution in [2.75, 3.05) is 20.2 Å². The Labute approximate surface area is 172 Å². The maximum absolute atomic E-state index is 13.9. The number of rotatable bonds is 5. The van der Waals surface area contributed by atoms with E-state index in [1.807, 2.05) is 18.2 Å². The minimum atomic E-state index is -0.541. The molecule has 1 saturated heterocycles. The first-order valence-corrected chi connectivity index (χ1v) is 9.93. The molecule has 1 heterocycles. The lowest BCUT2D eigenvalue weighted by Gasteiger charge is -2.32. The van der Waals surface area contributed by atoms with Crippen LogP contribution in [0.25, 0.3) is 0 Å². The highest BCUT2D eigenvalue weighted by atomic mass is 79.9. The minimum Gasteiger partial charge on any atom is -0.496 e. The number of nitrogens with zero attached hydrogens (tertiary/aromatic N) is 1. The van der Waals surface area contributed by atoms with Gasteiger partial charge in [-0.1, -0.05) is 28.1 Å². The molecule has 0 saturated carbocycles. The third-order valence-corrected chi connectivity index (χ3v) is 5.37. The van der Waals surface area contributed by atoms with Crippen LogP contribution >= 0.6 is 15.9 Å². The molecular weight excluding hydrogens is 427 g/mol. The lowest BCUT2D eigenvalue weighted by atomic mass is 9.96. The molecule has 0 bridgehead atoms. The summed E-state index contributed by atoms with van der Waals surface area (Å²) in [5.74, 6) is -0.649. The second-order valence-electron chi connectivity index (χ2n) is 6.74. The van der Waals surface area contributed by atoms with Crippen molar-refractivity contribution in [3.05, 3.63) is 63.9 Å². The first-order valence-electron chi connectivity index (χ1n) is 9.13. The average Bonchev–Trinajstić information content (AvgIpc) is 2.72. The van der Waals surface area contributed by atoms with Crippen LogP contribution in [0.5, 0.6) is 5.75 Å². The number of ether oxygens (including phenoxy) is 1. The van der Waals surface area contributed by atoms with Crippen molar-refractivity contribution in [3.8, 4) is 5.75 Å². The van der Waals surface area contributed by atoms with Crippen molar-refractivity contribution >= 4 is 27.7 Å². The average molecular weight is 449 g/mol. The number of carbonyl (C=O) groups is 2. The van der Waals surface area contributed by atoms with E-state index in [0.717, 1.165) is 10.0 Å². The smallest absolute Gasteiger partial charge is 0.256 e. The van der Waals surface area contributed by atoms with Gasteiger partial charge < -0.3 is 15.0 Å². The zero-order chi connectivity index (χ0) is 20.1. The molecule has 0 aliphatic carbocycles. The number of nitrogens with one attached hydrogen (secondary N) is 1. The molecule has 2 amide bonds. The van der Waals surface area contributed by atoms with Crippen molar-refractivity contribution in [2.24, 2.45) is 5.92 Å². The highest BCUT2D eigenvalue weighted by Crippen LogP contribution is 2.24. The number of piperidine rings is 1. The molecule has 28 heavy (non-hydrogen) atoms. The minimum absolute atomic E-state index is 0.0439. The van der Waals surface area contributed by atoms with Crippen LogP contribution in [0.3, 0.4) is 0 Å². The van der Waals surface area contributed by atoms with E-state index in [9.17, 15) is 14.0 Å². The van der Waals surface area contributed by atoms with Gasteiger partial charge in [0.1, 0.15) is 11.6 Å². The Balaban J connectivity index is 1.63. The Bertz CT molecular complexity index is 874. The van der Waals surface area contributed by atoms with Gasteiger partial charge >= 0.3 is 0 Å². The van der Waals surface area contributed by atoms with E-state index in [1.54, 1.807) is 24.1 Å². The lowest BCUT2D eigenvalue weighted by Crippen LogP contribution is -2.45. The first kappa shape index (κ1) is 20.3. The van der Waals surface area contributed by atoms with Crippen LogP contribution in [0.15, 0.2) is 46.9 Å². The van der Waals surface area contributed by atoms with Gasteiger partial charge in [0.25, 0.3) is 5.91 Å². The van der Waals surface area contributed by atoms with Gasteiger partial charge in [-0.05, 0) is 43.2 Å². The number of halogens is 2. The predicted molar refractivity (Wildman–Crippen MR) is 108 cm³/mol. The second kappa shape index (κ2) is 9.19. The van der Waals surface area contributed by atoms with E-state index in [2.05, 4.69) is 21.2 Å². The highest BCUT2D eigenvalue weighted by molar-refractivity contribution is 9.10. The van der Waals surface area contributed by atoms with E-state index < -0.39 is 5.82 Å². The maximum Gasteiger partial charge on any atom is 0.256 e. The Hall–Kier alpha value is -2.41. The quantitative estimate of drug-likeness (QED) is 0.757. The molecule has 1 aliphatic rings. The van der Waals surface area contributed by atoms with Crippen molar-refractivity contribution in [2.45, 2.75) is 19.4 Å². The van der Waals surface area contributed by atoms with Crippen LogP contribution in [-0.4, -0.2) is 36.9 Å². The third-order valence-electron chi connectivity index (χ3n) is 4.88. The van der Waals surface area contributed by atoms with Gasteiger partial charge in [-0.3, -0.25) is 9.59 Å². The topological polar surface area (TPSA) is 58.6 Å². The molecule has 1 aliphatic heterocycles. The normalized spacial score (nSPS) is 16.5. The molecule has 2 aromatic rings. The van der Waals surface area contributed by atoms with Crippen molar-refractivity contribution in [1.82, 2.24) is 10.2 Å². The molecule has 1 N–H and O–H groups in total. The van der Waals surface area contributed by atoms with Crippen LogP contribution in [0.4, 0.5) is 4.39 Å². The molecule has 1 atom stereocenters. The van der Waals surface area contributed by atoms with E-state index in [0.29, 0.717) is 31.7 Å². The van der Waals surface area contributed by atoms with Gasteiger partial charge in [0.15, 0.2) is 0 Å². The molecule has 0 spiro atoms. The van der Waals surface area contributed by atoms with Crippen LogP contribution in [-0.2, 0) is 11.3 Å². The molecule has 3 rings (SSSR count). The number of benzene rings is 2. The SMILES string of the molecule is COc1ccc(Br)cc1CNC(=O)[C@H]1CCCN(C(=O)c2ccccc2F)C1. The number of likely N-dealkylation sites (tertiary alicyclic amines) is 1. The molecule has 5 nitrogen and oxygen atoms in total. The molecule has 148 valence electrons. The summed E-state index contributed by atoms with van der Waals surface area (Å²) in [6.45, 7) is 1.14. The van der Waals surface area contributed by atoms with Gasteiger partial charge in [0.05, 0.1) is 18.6 Å². The van der Waals surface area contributed by atoms with Crippen molar-refractivity contribution in [1.29, 1.82) is 0 Å². The Kier molecular flexibility index (Phi) is 6.67. The Morgan fingerprint density at radius 1 is 1.29 bits per heavy atom. The van der Waals surface area contributed by atoms with Crippen LogP contribution in [0.1, 0.15) is 28.8 Å². The first-order chi connectivity index (χ1) is 13.5. The fourth-order valence-electron chi connectivity index (χ4n) is 3.39. The highest BCUT2D eigenvalue weighted by Gasteiger charge is 2.29. The van der Waals surface area contributed by atoms with E-state index >= 15 is 0 Å². The molecule has 0 aromatic heterocycles. The van der Waals surface area contributed by atoms with Crippen LogP contribution in [0, 0.1) is 11.7 Å². The third kappa shape index (κ3) is 4.70. The Morgan fingerprint density at radius 2 is 2.07 bits per heavy atom. The number of hydrogen-bond acceptors (Lipinski definition) is 3. The molecule has 7 heteroatoms. The van der Waals surface area contributed by atoms with E-state index in [4.69, 9.17) is 4.74 Å². The number of carbonyl (C=O) groups excluding carboxylic acids is 2. The van der Waals surface area contributed by atoms with Crippen molar-refractivity contribution < 1.29 is 18.7 Å². The molecular formula is C21H22BrFN2O3. The van der Waals surface area contributed by atoms with Gasteiger partial charge in [-0.15, -0.1) is 0 Å². The summed E-state index contributed by atoms with van der Waals surface area (Å²) in [7, 11) is 1.59. The van der Waals surface area contributed by atoms with Gasteiger partial charge in [0, 0.05) is 29.7 Å². The number of amides is 2. The summed E-state index contributed by atoms with van der Waals surface area (Å²) in [6, 6.07) is 11.5. The summed E-state index contributed by atoms with van der Waals surface area (Å²) in [4.78, 5) is 26.8. The zero-order valence-corrected chi connectivity index (χ0v) is 17.2. The molecule has 0 unspecified atom stereocenters. The van der Waals surface area contributed by atoms with E-state index in [-0.39, 0.29) is 29.8 Å². The van der Waals surface area contributed by atoms with Gasteiger partial charge in [0.2, 0.25) is 5.91 Å². The number of methoxy groups -OCH3 is 1. The number of hydrogen-bond donors (Lipinski definition) is 1. The van der Waals surface area contributed by atoms with Crippen molar-refractivity contribution in [3.63, 3.8) is 0 Å². The Morgan fingerprint density at radius 3 is 2.82 bits per heavy atom. The predicted octanol–water partition coefficient (Wildman–Crippen LogP) is 3.77. The zero-order valence-electron chi connectivity index (χ0n) is 15.6. The molecule has 2 aromatic carbocycles. The fraction of sp³-hybridized carbons (Fsp3) is 0.333. The molecule has 1 fully saturated rings.